The molecule has 0 aliphatic heterocycles. The van der Waals surface area contributed by atoms with E-state index in [4.69, 9.17) is 0 Å². The zero-order valence-electron chi connectivity index (χ0n) is 10.8. The molecule has 0 unspecified atom stereocenters. The van der Waals surface area contributed by atoms with Crippen molar-refractivity contribution < 1.29 is 8.42 Å². The Balaban J connectivity index is 2.12. The number of fused-ring (bicyclic) bond motifs is 1. The molecule has 3 rings (SSSR count). The lowest BCUT2D eigenvalue weighted by molar-refractivity contribution is 0.602. The third-order valence-corrected chi connectivity index (χ3v) is 4.54. The normalized spacial score (nSPS) is 11.7. The Morgan fingerprint density at radius 1 is 1.10 bits per heavy atom. The Hall–Kier alpha value is -2.34. The van der Waals surface area contributed by atoms with E-state index in [1.165, 1.54) is 6.20 Å². The molecule has 0 amide bonds. The molecule has 0 radical (unpaired) electrons. The lowest BCUT2D eigenvalue weighted by atomic mass is 10.1. The van der Waals surface area contributed by atoms with Gasteiger partial charge in [-0.25, -0.2) is 8.42 Å². The maximum Gasteiger partial charge on any atom is 0.262 e. The molecule has 5 nitrogen and oxygen atoms in total. The van der Waals surface area contributed by atoms with Crippen molar-refractivity contribution in [2.75, 3.05) is 4.72 Å². The van der Waals surface area contributed by atoms with Crippen LogP contribution < -0.4 is 4.72 Å². The van der Waals surface area contributed by atoms with Gasteiger partial charge in [0.05, 0.1) is 22.5 Å². The highest BCUT2D eigenvalue weighted by molar-refractivity contribution is 7.93. The molecule has 0 bridgehead atoms. The van der Waals surface area contributed by atoms with Gasteiger partial charge in [-0.15, -0.1) is 0 Å². The highest BCUT2D eigenvalue weighted by Crippen LogP contribution is 2.25. The van der Waals surface area contributed by atoms with Gasteiger partial charge in [0.2, 0.25) is 0 Å². The first-order chi connectivity index (χ1) is 9.58. The number of hydrogen-bond donors (Lipinski definition) is 2. The molecule has 6 heteroatoms. The van der Waals surface area contributed by atoms with Crippen molar-refractivity contribution in [3.8, 4) is 0 Å². The number of sulfonamides is 1. The second kappa shape index (κ2) is 4.64. The molecular weight excluding hydrogens is 274 g/mol. The van der Waals surface area contributed by atoms with Crippen LogP contribution in [0.25, 0.3) is 10.8 Å². The van der Waals surface area contributed by atoms with Crippen molar-refractivity contribution in [1.29, 1.82) is 0 Å². The number of H-pyrrole nitrogens is 1. The Kier molecular flexibility index (Phi) is 2.94. The summed E-state index contributed by atoms with van der Waals surface area (Å²) in [7, 11) is -3.64. The summed E-state index contributed by atoms with van der Waals surface area (Å²) in [6.45, 7) is 1.76. The van der Waals surface area contributed by atoms with Crippen LogP contribution in [0, 0.1) is 6.92 Å². The van der Waals surface area contributed by atoms with E-state index in [-0.39, 0.29) is 4.90 Å². The molecule has 3 aromatic rings. The second-order valence-electron chi connectivity index (χ2n) is 4.49. The van der Waals surface area contributed by atoms with Crippen molar-refractivity contribution in [3.05, 3.63) is 54.4 Å². The average Bonchev–Trinajstić information content (AvgIpc) is 2.83. The molecule has 102 valence electrons. The standard InChI is InChI=1S/C14H13N3O2S/c1-10-13(9-15-16-10)17-20(18,19)14-8-4-6-11-5-2-3-7-12(11)14/h2-9,17H,1H3,(H,15,16). The van der Waals surface area contributed by atoms with Crippen LogP contribution in [-0.4, -0.2) is 18.6 Å². The Bertz CT molecular complexity index is 864. The minimum atomic E-state index is -3.64. The molecule has 2 aromatic carbocycles. The summed E-state index contributed by atoms with van der Waals surface area (Å²) in [5.74, 6) is 0. The van der Waals surface area contributed by atoms with E-state index < -0.39 is 10.0 Å². The largest absolute Gasteiger partial charge is 0.281 e. The monoisotopic (exact) mass is 287 g/mol. The van der Waals surface area contributed by atoms with Crippen molar-refractivity contribution >= 4 is 26.5 Å². The third-order valence-electron chi connectivity index (χ3n) is 3.11. The van der Waals surface area contributed by atoms with Gasteiger partial charge >= 0.3 is 0 Å². The molecule has 2 N–H and O–H groups in total. The third kappa shape index (κ3) is 2.14. The Labute approximate surface area is 116 Å². The summed E-state index contributed by atoms with van der Waals surface area (Å²) in [5, 5.41) is 8.10. The molecule has 0 saturated heterocycles. The van der Waals surface area contributed by atoms with E-state index in [0.717, 1.165) is 5.39 Å². The summed E-state index contributed by atoms with van der Waals surface area (Å²) in [4.78, 5) is 0.260. The van der Waals surface area contributed by atoms with Crippen LogP contribution in [-0.2, 0) is 10.0 Å². The molecule has 20 heavy (non-hydrogen) atoms. The van der Waals surface area contributed by atoms with Gasteiger partial charge in [0.1, 0.15) is 0 Å². The van der Waals surface area contributed by atoms with Crippen LogP contribution in [0.15, 0.2) is 53.6 Å². The van der Waals surface area contributed by atoms with Gasteiger partial charge in [0, 0.05) is 5.39 Å². The maximum atomic E-state index is 12.5. The maximum absolute atomic E-state index is 12.5. The first-order valence-electron chi connectivity index (χ1n) is 6.08. The quantitative estimate of drug-likeness (QED) is 0.777. The van der Waals surface area contributed by atoms with Crippen LogP contribution in [0.1, 0.15) is 5.69 Å². The van der Waals surface area contributed by atoms with E-state index in [2.05, 4.69) is 14.9 Å². The van der Waals surface area contributed by atoms with Crippen LogP contribution in [0.4, 0.5) is 5.69 Å². The second-order valence-corrected chi connectivity index (χ2v) is 6.14. The molecule has 0 atom stereocenters. The van der Waals surface area contributed by atoms with E-state index in [0.29, 0.717) is 16.8 Å². The smallest absolute Gasteiger partial charge is 0.262 e. The summed E-state index contributed by atoms with van der Waals surface area (Å²) in [5.41, 5.74) is 1.13. The number of aromatic amines is 1. The number of hydrogen-bond acceptors (Lipinski definition) is 3. The van der Waals surface area contributed by atoms with E-state index >= 15 is 0 Å². The van der Waals surface area contributed by atoms with Gasteiger partial charge in [0.25, 0.3) is 10.0 Å². The number of anilines is 1. The first-order valence-corrected chi connectivity index (χ1v) is 7.57. The fourth-order valence-electron chi connectivity index (χ4n) is 2.08. The van der Waals surface area contributed by atoms with Gasteiger partial charge in [-0.2, -0.15) is 5.10 Å². The molecule has 0 aliphatic rings. The molecular formula is C14H13N3O2S. The molecule has 1 aromatic heterocycles. The minimum Gasteiger partial charge on any atom is -0.281 e. The minimum absolute atomic E-state index is 0.260. The van der Waals surface area contributed by atoms with Crippen LogP contribution in [0.2, 0.25) is 0 Å². The fourth-order valence-corrected chi connectivity index (χ4v) is 3.42. The number of nitrogens with zero attached hydrogens (tertiary/aromatic N) is 1. The van der Waals surface area contributed by atoms with Crippen molar-refractivity contribution in [1.82, 2.24) is 10.2 Å². The van der Waals surface area contributed by atoms with Gasteiger partial charge in [0.15, 0.2) is 0 Å². The lowest BCUT2D eigenvalue weighted by Crippen LogP contribution is -2.13. The van der Waals surface area contributed by atoms with Crippen molar-refractivity contribution in [2.24, 2.45) is 0 Å². The van der Waals surface area contributed by atoms with Gasteiger partial charge in [-0.3, -0.25) is 9.82 Å². The van der Waals surface area contributed by atoms with Crippen molar-refractivity contribution in [3.63, 3.8) is 0 Å². The summed E-state index contributed by atoms with van der Waals surface area (Å²) in [6.07, 6.45) is 1.46. The average molecular weight is 287 g/mol. The van der Waals surface area contributed by atoms with Crippen molar-refractivity contribution in [2.45, 2.75) is 11.8 Å². The number of nitrogens with one attached hydrogen (secondary N) is 2. The summed E-state index contributed by atoms with van der Waals surface area (Å²) >= 11 is 0. The number of benzene rings is 2. The number of aryl methyl sites for hydroxylation is 1. The summed E-state index contributed by atoms with van der Waals surface area (Å²) in [6, 6.07) is 12.6. The lowest BCUT2D eigenvalue weighted by Gasteiger charge is -2.09. The molecule has 1 heterocycles. The summed E-state index contributed by atoms with van der Waals surface area (Å²) < 4.78 is 27.6. The highest BCUT2D eigenvalue weighted by atomic mass is 32.2. The first kappa shape index (κ1) is 12.7. The SMILES string of the molecule is Cc1[nH]ncc1NS(=O)(=O)c1cccc2ccccc12. The van der Waals surface area contributed by atoms with Crippen LogP contribution >= 0.6 is 0 Å². The highest BCUT2D eigenvalue weighted by Gasteiger charge is 2.18. The van der Waals surface area contributed by atoms with E-state index in [1.54, 1.807) is 25.1 Å². The van der Waals surface area contributed by atoms with E-state index in [9.17, 15) is 8.42 Å². The zero-order chi connectivity index (χ0) is 14.2. The number of aromatic nitrogens is 2. The molecule has 0 fully saturated rings. The molecule has 0 spiro atoms. The predicted molar refractivity (Wildman–Crippen MR) is 78.1 cm³/mol. The molecule has 0 saturated carbocycles. The Morgan fingerprint density at radius 2 is 1.85 bits per heavy atom. The van der Waals surface area contributed by atoms with Crippen LogP contribution in [0.3, 0.4) is 0 Å². The van der Waals surface area contributed by atoms with Gasteiger partial charge in [-0.1, -0.05) is 36.4 Å². The van der Waals surface area contributed by atoms with Gasteiger partial charge in [-0.05, 0) is 18.4 Å². The topological polar surface area (TPSA) is 74.8 Å². The van der Waals surface area contributed by atoms with Crippen LogP contribution in [0.5, 0.6) is 0 Å². The van der Waals surface area contributed by atoms with Gasteiger partial charge < -0.3 is 0 Å². The van der Waals surface area contributed by atoms with E-state index in [1.807, 2.05) is 24.3 Å². The predicted octanol–water partition coefficient (Wildman–Crippen LogP) is 2.67. The zero-order valence-corrected chi connectivity index (χ0v) is 11.6. The number of rotatable bonds is 3. The Morgan fingerprint density at radius 3 is 2.60 bits per heavy atom. The fraction of sp³-hybridized carbons (Fsp3) is 0.0714. The molecule has 0 aliphatic carbocycles.